The van der Waals surface area contributed by atoms with Gasteiger partial charge in [-0.05, 0) is 68.8 Å². The molecule has 6 aromatic rings. The van der Waals surface area contributed by atoms with Crippen LogP contribution in [0, 0.1) is 0 Å². The van der Waals surface area contributed by atoms with E-state index in [0.717, 1.165) is 32.0 Å². The van der Waals surface area contributed by atoms with Gasteiger partial charge in [0.1, 0.15) is 0 Å². The number of hydrogen-bond donors (Lipinski definition) is 0. The fourth-order valence-corrected chi connectivity index (χ4v) is 5.90. The van der Waals surface area contributed by atoms with E-state index in [1.54, 1.807) is 0 Å². The van der Waals surface area contributed by atoms with E-state index >= 15 is 0 Å². The molecule has 0 unspecified atom stereocenters. The Labute approximate surface area is 226 Å². The van der Waals surface area contributed by atoms with Crippen molar-refractivity contribution in [1.82, 2.24) is 0 Å². The molecule has 38 heavy (non-hydrogen) atoms. The largest absolute Gasteiger partial charge is 0.249 e. The third-order valence-electron chi connectivity index (χ3n) is 6.78. The molecule has 2 heteroatoms. The van der Waals surface area contributed by atoms with Gasteiger partial charge in [0.2, 0.25) is 0 Å². The summed E-state index contributed by atoms with van der Waals surface area (Å²) in [6.07, 6.45) is 0. The maximum absolute atomic E-state index is 13.4. The van der Waals surface area contributed by atoms with Gasteiger partial charge >= 0.3 is 0 Å². The molecule has 0 saturated heterocycles. The Morgan fingerprint density at radius 1 is 0.289 bits per heavy atom. The average Bonchev–Trinajstić information content (AvgIpc) is 3.02. The van der Waals surface area contributed by atoms with Crippen LogP contribution in [0.25, 0.3) is 44.5 Å². The van der Waals surface area contributed by atoms with Crippen LogP contribution in [-0.2, 0) is 10.8 Å². The van der Waals surface area contributed by atoms with Crippen LogP contribution in [0.15, 0.2) is 168 Å². The van der Waals surface area contributed by atoms with Crippen molar-refractivity contribution in [3.63, 3.8) is 0 Å². The second-order valence-electron chi connectivity index (χ2n) is 9.14. The van der Waals surface area contributed by atoms with Crippen molar-refractivity contribution >= 4 is 10.8 Å². The van der Waals surface area contributed by atoms with E-state index in [0.29, 0.717) is 0 Å². The molecule has 1 nitrogen and oxygen atoms in total. The van der Waals surface area contributed by atoms with Crippen LogP contribution in [0.3, 0.4) is 0 Å². The highest BCUT2D eigenvalue weighted by Crippen LogP contribution is 2.34. The molecule has 0 amide bonds. The smallest absolute Gasteiger partial charge is 0.0849 e. The van der Waals surface area contributed by atoms with Crippen molar-refractivity contribution in [1.29, 1.82) is 0 Å². The molecular formula is C36H26OS. The van der Waals surface area contributed by atoms with Gasteiger partial charge in [-0.1, -0.05) is 133 Å². The first-order chi connectivity index (χ1) is 18.8. The van der Waals surface area contributed by atoms with Crippen LogP contribution in [0.5, 0.6) is 0 Å². The molecule has 6 aromatic carbocycles. The highest BCUT2D eigenvalue weighted by molar-refractivity contribution is 7.85. The van der Waals surface area contributed by atoms with Gasteiger partial charge in [-0.2, -0.15) is 0 Å². The second kappa shape index (κ2) is 10.8. The summed E-state index contributed by atoms with van der Waals surface area (Å²) in [6, 6.07) is 53.8. The molecule has 0 bridgehead atoms. The number of rotatable bonds is 6. The molecule has 0 saturated carbocycles. The molecule has 182 valence electrons. The van der Waals surface area contributed by atoms with Crippen LogP contribution in [-0.4, -0.2) is 4.21 Å². The van der Waals surface area contributed by atoms with Gasteiger partial charge in [0.15, 0.2) is 0 Å². The van der Waals surface area contributed by atoms with Crippen molar-refractivity contribution < 1.29 is 4.21 Å². The van der Waals surface area contributed by atoms with Crippen LogP contribution in [0.4, 0.5) is 0 Å². The van der Waals surface area contributed by atoms with Crippen LogP contribution in [0.1, 0.15) is 0 Å². The lowest BCUT2D eigenvalue weighted by Crippen LogP contribution is -1.94. The molecule has 0 atom stereocenters. The van der Waals surface area contributed by atoms with E-state index in [2.05, 4.69) is 121 Å². The predicted molar refractivity (Wildman–Crippen MR) is 159 cm³/mol. The second-order valence-corrected chi connectivity index (χ2v) is 10.6. The van der Waals surface area contributed by atoms with Crippen LogP contribution < -0.4 is 0 Å². The first kappa shape index (κ1) is 23.8. The van der Waals surface area contributed by atoms with E-state index in [-0.39, 0.29) is 0 Å². The van der Waals surface area contributed by atoms with Crippen molar-refractivity contribution in [2.45, 2.75) is 9.79 Å². The standard InChI is InChI=1S/C36H26OS/c37-38(31-23-19-29(20-24-31)35-17-9-7-15-33(35)27-11-3-1-4-12-27)32-25-21-30(22-26-32)36-18-10-8-16-34(36)28-13-5-2-6-14-28/h1-26H. The van der Waals surface area contributed by atoms with Gasteiger partial charge in [-0.3, -0.25) is 0 Å². The van der Waals surface area contributed by atoms with E-state index in [1.807, 2.05) is 36.4 Å². The Morgan fingerprint density at radius 2 is 0.553 bits per heavy atom. The van der Waals surface area contributed by atoms with Crippen molar-refractivity contribution in [2.75, 3.05) is 0 Å². The highest BCUT2D eigenvalue weighted by atomic mass is 32.2. The zero-order valence-corrected chi connectivity index (χ0v) is 21.6. The summed E-state index contributed by atoms with van der Waals surface area (Å²) in [7, 11) is -1.26. The summed E-state index contributed by atoms with van der Waals surface area (Å²) in [5.74, 6) is 0. The number of hydrogen-bond acceptors (Lipinski definition) is 1. The minimum atomic E-state index is -1.26. The summed E-state index contributed by atoms with van der Waals surface area (Å²) in [5, 5.41) is 0. The molecule has 0 spiro atoms. The van der Waals surface area contributed by atoms with Gasteiger partial charge in [-0.25, -0.2) is 4.21 Å². The van der Waals surface area contributed by atoms with E-state index in [1.165, 1.54) is 22.3 Å². The summed E-state index contributed by atoms with van der Waals surface area (Å²) in [5.41, 5.74) is 9.29. The Kier molecular flexibility index (Phi) is 6.80. The van der Waals surface area contributed by atoms with E-state index < -0.39 is 10.8 Å². The van der Waals surface area contributed by atoms with Gasteiger partial charge in [0.25, 0.3) is 0 Å². The molecule has 0 heterocycles. The fourth-order valence-electron chi connectivity index (χ4n) is 4.86. The maximum Gasteiger partial charge on any atom is 0.0849 e. The Morgan fingerprint density at radius 3 is 0.868 bits per heavy atom. The first-order valence-corrected chi connectivity index (χ1v) is 13.8. The summed E-state index contributed by atoms with van der Waals surface area (Å²) in [6.45, 7) is 0. The third kappa shape index (κ3) is 4.87. The van der Waals surface area contributed by atoms with E-state index in [4.69, 9.17) is 0 Å². The monoisotopic (exact) mass is 506 g/mol. The normalized spacial score (nSPS) is 11.0. The Hall–Kier alpha value is -4.53. The van der Waals surface area contributed by atoms with Crippen molar-refractivity contribution in [3.8, 4) is 44.5 Å². The lowest BCUT2D eigenvalue weighted by atomic mass is 9.95. The molecule has 0 aliphatic carbocycles. The van der Waals surface area contributed by atoms with Gasteiger partial charge in [0.05, 0.1) is 10.8 Å². The third-order valence-corrected chi connectivity index (χ3v) is 8.18. The fraction of sp³-hybridized carbons (Fsp3) is 0. The zero-order valence-electron chi connectivity index (χ0n) is 20.8. The van der Waals surface area contributed by atoms with Crippen LogP contribution >= 0.6 is 0 Å². The molecule has 6 rings (SSSR count). The minimum Gasteiger partial charge on any atom is -0.249 e. The SMILES string of the molecule is O=S(c1ccc(-c2ccccc2-c2ccccc2)cc1)c1ccc(-c2ccccc2-c2ccccc2)cc1. The lowest BCUT2D eigenvalue weighted by Gasteiger charge is -2.12. The van der Waals surface area contributed by atoms with Gasteiger partial charge < -0.3 is 0 Å². The average molecular weight is 507 g/mol. The quantitative estimate of drug-likeness (QED) is 0.220. The molecule has 0 N–H and O–H groups in total. The van der Waals surface area contributed by atoms with Crippen molar-refractivity contribution in [3.05, 3.63) is 158 Å². The molecular weight excluding hydrogens is 480 g/mol. The summed E-state index contributed by atoms with van der Waals surface area (Å²) >= 11 is 0. The summed E-state index contributed by atoms with van der Waals surface area (Å²) in [4.78, 5) is 1.59. The van der Waals surface area contributed by atoms with Crippen LogP contribution in [0.2, 0.25) is 0 Å². The predicted octanol–water partition coefficient (Wildman–Crippen LogP) is 9.52. The molecule has 0 aromatic heterocycles. The first-order valence-electron chi connectivity index (χ1n) is 12.7. The molecule has 0 aliphatic rings. The highest BCUT2D eigenvalue weighted by Gasteiger charge is 2.12. The topological polar surface area (TPSA) is 17.1 Å². The minimum absolute atomic E-state index is 0.795. The number of benzene rings is 6. The Balaban J connectivity index is 1.26. The van der Waals surface area contributed by atoms with Crippen molar-refractivity contribution in [2.24, 2.45) is 0 Å². The zero-order chi connectivity index (χ0) is 25.7. The molecule has 0 radical (unpaired) electrons. The van der Waals surface area contributed by atoms with Gasteiger partial charge in [0, 0.05) is 9.79 Å². The Bertz CT molecular complexity index is 1560. The maximum atomic E-state index is 13.4. The summed E-state index contributed by atoms with van der Waals surface area (Å²) < 4.78 is 13.4. The van der Waals surface area contributed by atoms with Gasteiger partial charge in [-0.15, -0.1) is 0 Å². The lowest BCUT2D eigenvalue weighted by molar-refractivity contribution is 0.683. The van der Waals surface area contributed by atoms with E-state index in [9.17, 15) is 4.21 Å². The molecule has 0 fully saturated rings. The molecule has 0 aliphatic heterocycles.